The van der Waals surface area contributed by atoms with Crippen LogP contribution in [0.25, 0.3) is 0 Å². The van der Waals surface area contributed by atoms with Crippen molar-refractivity contribution in [3.8, 4) is 0 Å². The molecule has 1 aromatic rings. The van der Waals surface area contributed by atoms with E-state index in [1.165, 1.54) is 11.1 Å². The van der Waals surface area contributed by atoms with Crippen LogP contribution in [0.2, 0.25) is 0 Å². The summed E-state index contributed by atoms with van der Waals surface area (Å²) in [5, 5.41) is 6.24. The van der Waals surface area contributed by atoms with Crippen LogP contribution in [0.3, 0.4) is 0 Å². The van der Waals surface area contributed by atoms with Crippen LogP contribution in [0.15, 0.2) is 24.3 Å². The third kappa shape index (κ3) is 5.31. The molecule has 0 spiro atoms. The Morgan fingerprint density at radius 1 is 1.35 bits per heavy atom. The van der Waals surface area contributed by atoms with E-state index < -0.39 is 0 Å². The van der Waals surface area contributed by atoms with E-state index in [1.807, 2.05) is 0 Å². The number of hydrogen-bond donors (Lipinski definition) is 2. The standard InChI is InChI=1S/C16H24N2O2/c1-13-3-2-4-14(11-13)5-8-17-12-16(19)18-15-6-9-20-10-7-15/h2-4,11,15,17H,5-10,12H2,1H3,(H,18,19). The summed E-state index contributed by atoms with van der Waals surface area (Å²) in [7, 11) is 0. The predicted molar refractivity (Wildman–Crippen MR) is 79.7 cm³/mol. The van der Waals surface area contributed by atoms with Crippen molar-refractivity contribution in [3.63, 3.8) is 0 Å². The molecule has 2 rings (SSSR count). The van der Waals surface area contributed by atoms with Gasteiger partial charge in [0, 0.05) is 19.3 Å². The maximum atomic E-state index is 11.8. The van der Waals surface area contributed by atoms with Crippen LogP contribution in [0, 0.1) is 6.92 Å². The van der Waals surface area contributed by atoms with Gasteiger partial charge in [0.15, 0.2) is 0 Å². The molecule has 20 heavy (non-hydrogen) atoms. The maximum Gasteiger partial charge on any atom is 0.234 e. The number of carbonyl (C=O) groups is 1. The molecular formula is C16H24N2O2. The molecule has 4 nitrogen and oxygen atoms in total. The second-order valence-corrected chi connectivity index (χ2v) is 5.37. The fraction of sp³-hybridized carbons (Fsp3) is 0.562. The normalized spacial score (nSPS) is 16.1. The second kappa shape index (κ2) is 8.02. The number of hydrogen-bond acceptors (Lipinski definition) is 3. The van der Waals surface area contributed by atoms with Crippen molar-refractivity contribution in [3.05, 3.63) is 35.4 Å². The van der Waals surface area contributed by atoms with Crippen LogP contribution in [0.1, 0.15) is 24.0 Å². The van der Waals surface area contributed by atoms with Crippen LogP contribution in [-0.4, -0.2) is 38.3 Å². The van der Waals surface area contributed by atoms with E-state index in [2.05, 4.69) is 41.8 Å². The smallest absolute Gasteiger partial charge is 0.234 e. The first-order chi connectivity index (χ1) is 9.74. The predicted octanol–water partition coefficient (Wildman–Crippen LogP) is 1.42. The number of benzene rings is 1. The molecule has 0 atom stereocenters. The molecule has 1 aliphatic rings. The van der Waals surface area contributed by atoms with Gasteiger partial charge in [0.25, 0.3) is 0 Å². The van der Waals surface area contributed by atoms with Crippen LogP contribution < -0.4 is 10.6 Å². The third-order valence-corrected chi connectivity index (χ3v) is 3.54. The molecule has 1 heterocycles. The lowest BCUT2D eigenvalue weighted by Crippen LogP contribution is -2.43. The Labute approximate surface area is 120 Å². The molecule has 2 N–H and O–H groups in total. The van der Waals surface area contributed by atoms with Gasteiger partial charge in [-0.15, -0.1) is 0 Å². The molecule has 0 bridgehead atoms. The van der Waals surface area contributed by atoms with Gasteiger partial charge < -0.3 is 15.4 Å². The Morgan fingerprint density at radius 2 is 2.15 bits per heavy atom. The SMILES string of the molecule is Cc1cccc(CCNCC(=O)NC2CCOCC2)c1. The minimum atomic E-state index is 0.0844. The summed E-state index contributed by atoms with van der Waals surface area (Å²) in [6, 6.07) is 8.76. The molecule has 0 unspecified atom stereocenters. The van der Waals surface area contributed by atoms with E-state index in [1.54, 1.807) is 0 Å². The monoisotopic (exact) mass is 276 g/mol. The summed E-state index contributed by atoms with van der Waals surface area (Å²) >= 11 is 0. The summed E-state index contributed by atoms with van der Waals surface area (Å²) in [6.07, 6.45) is 2.80. The fourth-order valence-corrected chi connectivity index (χ4v) is 2.42. The van der Waals surface area contributed by atoms with E-state index in [9.17, 15) is 4.79 Å². The molecule has 1 aromatic carbocycles. The van der Waals surface area contributed by atoms with Crippen LogP contribution in [-0.2, 0) is 16.0 Å². The number of carbonyl (C=O) groups excluding carboxylic acids is 1. The zero-order valence-electron chi connectivity index (χ0n) is 12.2. The summed E-state index contributed by atoms with van der Waals surface area (Å²) in [6.45, 7) is 4.82. The van der Waals surface area contributed by atoms with Crippen molar-refractivity contribution in [1.82, 2.24) is 10.6 Å². The largest absolute Gasteiger partial charge is 0.381 e. The number of amides is 1. The van der Waals surface area contributed by atoms with Crippen molar-refractivity contribution in [2.75, 3.05) is 26.3 Å². The van der Waals surface area contributed by atoms with Crippen molar-refractivity contribution in [1.29, 1.82) is 0 Å². The number of aryl methyl sites for hydroxylation is 1. The molecule has 1 saturated heterocycles. The lowest BCUT2D eigenvalue weighted by atomic mass is 10.1. The highest BCUT2D eigenvalue weighted by Crippen LogP contribution is 2.06. The summed E-state index contributed by atoms with van der Waals surface area (Å²) in [5.41, 5.74) is 2.59. The van der Waals surface area contributed by atoms with Gasteiger partial charge in [0.2, 0.25) is 5.91 Å². The van der Waals surface area contributed by atoms with Crippen LogP contribution in [0.4, 0.5) is 0 Å². The Kier molecular flexibility index (Phi) is 6.02. The van der Waals surface area contributed by atoms with E-state index >= 15 is 0 Å². The Balaban J connectivity index is 1.59. The molecule has 1 amide bonds. The molecule has 0 saturated carbocycles. The lowest BCUT2D eigenvalue weighted by molar-refractivity contribution is -0.121. The Hall–Kier alpha value is -1.39. The highest BCUT2D eigenvalue weighted by molar-refractivity contribution is 5.78. The first kappa shape index (κ1) is 15.0. The van der Waals surface area contributed by atoms with Gasteiger partial charge >= 0.3 is 0 Å². The molecule has 0 aliphatic carbocycles. The molecule has 4 heteroatoms. The zero-order valence-corrected chi connectivity index (χ0v) is 12.2. The van der Waals surface area contributed by atoms with Crippen molar-refractivity contribution in [2.45, 2.75) is 32.2 Å². The van der Waals surface area contributed by atoms with Gasteiger partial charge in [-0.25, -0.2) is 0 Å². The summed E-state index contributed by atoms with van der Waals surface area (Å²) < 4.78 is 5.27. The van der Waals surface area contributed by atoms with Crippen molar-refractivity contribution < 1.29 is 9.53 Å². The summed E-state index contributed by atoms with van der Waals surface area (Å²) in [5.74, 6) is 0.0844. The van der Waals surface area contributed by atoms with Gasteiger partial charge in [-0.05, 0) is 38.3 Å². The van der Waals surface area contributed by atoms with Gasteiger partial charge in [-0.1, -0.05) is 29.8 Å². The van der Waals surface area contributed by atoms with E-state index in [-0.39, 0.29) is 11.9 Å². The molecule has 0 aromatic heterocycles. The van der Waals surface area contributed by atoms with Crippen molar-refractivity contribution in [2.24, 2.45) is 0 Å². The molecule has 110 valence electrons. The van der Waals surface area contributed by atoms with E-state index in [4.69, 9.17) is 4.74 Å². The highest BCUT2D eigenvalue weighted by atomic mass is 16.5. The van der Waals surface area contributed by atoms with Crippen LogP contribution in [0.5, 0.6) is 0 Å². The number of ether oxygens (including phenoxy) is 1. The van der Waals surface area contributed by atoms with E-state index in [0.717, 1.165) is 39.0 Å². The van der Waals surface area contributed by atoms with Gasteiger partial charge in [0.1, 0.15) is 0 Å². The van der Waals surface area contributed by atoms with Gasteiger partial charge in [0.05, 0.1) is 6.54 Å². The van der Waals surface area contributed by atoms with Crippen molar-refractivity contribution >= 4 is 5.91 Å². The van der Waals surface area contributed by atoms with E-state index in [0.29, 0.717) is 6.54 Å². The maximum absolute atomic E-state index is 11.8. The zero-order chi connectivity index (χ0) is 14.2. The molecule has 1 fully saturated rings. The molecule has 1 aliphatic heterocycles. The fourth-order valence-electron chi connectivity index (χ4n) is 2.42. The number of rotatable bonds is 6. The average Bonchev–Trinajstić information content (AvgIpc) is 2.45. The Morgan fingerprint density at radius 3 is 2.90 bits per heavy atom. The lowest BCUT2D eigenvalue weighted by Gasteiger charge is -2.23. The number of nitrogens with one attached hydrogen (secondary N) is 2. The highest BCUT2D eigenvalue weighted by Gasteiger charge is 2.15. The first-order valence-electron chi connectivity index (χ1n) is 7.37. The van der Waals surface area contributed by atoms with Gasteiger partial charge in [-0.2, -0.15) is 0 Å². The molecule has 0 radical (unpaired) electrons. The van der Waals surface area contributed by atoms with Gasteiger partial charge in [-0.3, -0.25) is 4.79 Å². The topological polar surface area (TPSA) is 50.4 Å². The molecular weight excluding hydrogens is 252 g/mol. The summed E-state index contributed by atoms with van der Waals surface area (Å²) in [4.78, 5) is 11.8. The van der Waals surface area contributed by atoms with Crippen LogP contribution >= 0.6 is 0 Å². The second-order valence-electron chi connectivity index (χ2n) is 5.37. The minimum Gasteiger partial charge on any atom is -0.381 e. The average molecular weight is 276 g/mol. The Bertz CT molecular complexity index is 428. The minimum absolute atomic E-state index is 0.0844. The first-order valence-corrected chi connectivity index (χ1v) is 7.37. The third-order valence-electron chi connectivity index (χ3n) is 3.54. The quantitative estimate of drug-likeness (QED) is 0.773.